The van der Waals surface area contributed by atoms with Gasteiger partial charge in [-0.1, -0.05) is 0 Å². The zero-order chi connectivity index (χ0) is 23.4. The predicted octanol–water partition coefficient (Wildman–Crippen LogP) is 4.68. The van der Waals surface area contributed by atoms with Crippen LogP contribution in [-0.2, 0) is 16.1 Å². The Kier molecular flexibility index (Phi) is 6.38. The van der Waals surface area contributed by atoms with E-state index in [1.807, 2.05) is 6.07 Å². The van der Waals surface area contributed by atoms with Crippen molar-refractivity contribution in [2.45, 2.75) is 19.9 Å². The van der Waals surface area contributed by atoms with Gasteiger partial charge in [-0.2, -0.15) is 10.1 Å². The lowest BCUT2D eigenvalue weighted by Gasteiger charge is -2.10. The lowest BCUT2D eigenvalue weighted by molar-refractivity contribution is -0.143. The Hall–Kier alpha value is -4.15. The number of anilines is 4. The summed E-state index contributed by atoms with van der Waals surface area (Å²) in [4.78, 5) is 19.6. The van der Waals surface area contributed by atoms with Gasteiger partial charge in [0.25, 0.3) is 0 Å². The van der Waals surface area contributed by atoms with Gasteiger partial charge in [0.1, 0.15) is 0 Å². The molecule has 0 bridgehead atoms. The summed E-state index contributed by atoms with van der Waals surface area (Å²) >= 11 is 0. The Morgan fingerprint density at radius 3 is 2.58 bits per heavy atom. The molecule has 0 aliphatic rings. The minimum atomic E-state index is -1.07. The van der Waals surface area contributed by atoms with Gasteiger partial charge in [-0.3, -0.25) is 9.48 Å². The van der Waals surface area contributed by atoms with Crippen LogP contribution in [0.5, 0.6) is 0 Å². The fourth-order valence-corrected chi connectivity index (χ4v) is 3.13. The first kappa shape index (κ1) is 22.1. The van der Waals surface area contributed by atoms with Crippen molar-refractivity contribution in [1.29, 1.82) is 0 Å². The van der Waals surface area contributed by atoms with Gasteiger partial charge in [-0.15, -0.1) is 0 Å². The van der Waals surface area contributed by atoms with Crippen LogP contribution in [0.4, 0.5) is 36.3 Å². The maximum absolute atomic E-state index is 14.1. The van der Waals surface area contributed by atoms with Crippen LogP contribution in [0.15, 0.2) is 48.8 Å². The van der Waals surface area contributed by atoms with E-state index in [9.17, 15) is 18.0 Å². The van der Waals surface area contributed by atoms with E-state index in [0.717, 1.165) is 29.2 Å². The lowest BCUT2D eigenvalue weighted by atomic mass is 10.2. The van der Waals surface area contributed by atoms with Crippen molar-refractivity contribution in [3.8, 4) is 0 Å². The van der Waals surface area contributed by atoms with Crippen LogP contribution >= 0.6 is 0 Å². The van der Waals surface area contributed by atoms with Gasteiger partial charge in [0.05, 0.1) is 37.5 Å². The van der Waals surface area contributed by atoms with Crippen LogP contribution in [0, 0.1) is 17.5 Å². The molecule has 0 saturated carbocycles. The molecule has 11 heteroatoms. The number of nitrogens with zero attached hydrogens (tertiary/aromatic N) is 4. The molecule has 0 atom stereocenters. The number of carbonyl (C=O) groups is 1. The molecule has 2 aromatic heterocycles. The largest absolute Gasteiger partial charge is 0.466 e. The Bertz CT molecular complexity index is 1310. The molecule has 2 heterocycles. The smallest absolute Gasteiger partial charge is 0.307 e. The van der Waals surface area contributed by atoms with E-state index >= 15 is 0 Å². The van der Waals surface area contributed by atoms with Gasteiger partial charge in [0.2, 0.25) is 5.95 Å². The van der Waals surface area contributed by atoms with Crippen molar-refractivity contribution in [1.82, 2.24) is 19.7 Å². The number of rotatable bonds is 8. The second-order valence-corrected chi connectivity index (χ2v) is 6.97. The highest BCUT2D eigenvalue weighted by Crippen LogP contribution is 2.24. The lowest BCUT2D eigenvalue weighted by Crippen LogP contribution is -2.09. The summed E-state index contributed by atoms with van der Waals surface area (Å²) in [6.45, 7) is 2.47. The second kappa shape index (κ2) is 9.55. The third-order valence-corrected chi connectivity index (χ3v) is 4.66. The fourth-order valence-electron chi connectivity index (χ4n) is 3.13. The molecule has 8 nitrogen and oxygen atoms in total. The molecule has 0 fully saturated rings. The summed E-state index contributed by atoms with van der Waals surface area (Å²) in [7, 11) is 0. The number of aromatic nitrogens is 4. The number of benzene rings is 2. The average molecular weight is 456 g/mol. The molecule has 0 amide bonds. The number of halogens is 3. The number of ether oxygens (including phenoxy) is 1. The number of esters is 1. The SMILES string of the molecule is CCOC(=O)CCn1ncc2cc(Nc3ncc(F)c(Nc4ccc(F)c(F)c4)n3)ccc21. The molecule has 170 valence electrons. The van der Waals surface area contributed by atoms with Crippen molar-refractivity contribution in [3.63, 3.8) is 0 Å². The summed E-state index contributed by atoms with van der Waals surface area (Å²) in [5, 5.41) is 10.7. The molecular formula is C22H19F3N6O2. The zero-order valence-electron chi connectivity index (χ0n) is 17.5. The van der Waals surface area contributed by atoms with Crippen LogP contribution < -0.4 is 10.6 Å². The minimum Gasteiger partial charge on any atom is -0.466 e. The third kappa shape index (κ3) is 5.20. The maximum Gasteiger partial charge on any atom is 0.307 e. The van der Waals surface area contributed by atoms with Gasteiger partial charge in [0.15, 0.2) is 23.3 Å². The van der Waals surface area contributed by atoms with Crippen molar-refractivity contribution >= 4 is 40.0 Å². The van der Waals surface area contributed by atoms with Crippen molar-refractivity contribution in [3.05, 3.63) is 66.2 Å². The molecule has 0 aliphatic heterocycles. The quantitative estimate of drug-likeness (QED) is 0.372. The number of fused-ring (bicyclic) bond motifs is 1. The number of carbonyl (C=O) groups excluding carboxylic acids is 1. The molecule has 2 N–H and O–H groups in total. The van der Waals surface area contributed by atoms with E-state index in [4.69, 9.17) is 4.74 Å². The van der Waals surface area contributed by atoms with Gasteiger partial charge in [-0.25, -0.2) is 18.2 Å². The summed E-state index contributed by atoms with van der Waals surface area (Å²) < 4.78 is 47.3. The summed E-state index contributed by atoms with van der Waals surface area (Å²) in [6.07, 6.45) is 2.83. The number of hydrogen-bond donors (Lipinski definition) is 2. The number of aryl methyl sites for hydroxylation is 1. The Morgan fingerprint density at radius 2 is 1.79 bits per heavy atom. The first-order valence-electron chi connectivity index (χ1n) is 10.1. The molecule has 2 aromatic carbocycles. The van der Waals surface area contributed by atoms with E-state index < -0.39 is 17.5 Å². The minimum absolute atomic E-state index is 0.0931. The third-order valence-electron chi connectivity index (χ3n) is 4.66. The van der Waals surface area contributed by atoms with Gasteiger partial charge in [-0.05, 0) is 37.3 Å². The molecule has 4 aromatic rings. The predicted molar refractivity (Wildman–Crippen MR) is 116 cm³/mol. The van der Waals surface area contributed by atoms with E-state index in [-0.39, 0.29) is 29.8 Å². The Balaban J connectivity index is 1.49. The number of hydrogen-bond acceptors (Lipinski definition) is 7. The number of nitrogens with one attached hydrogen (secondary N) is 2. The fraction of sp³-hybridized carbons (Fsp3) is 0.182. The van der Waals surface area contributed by atoms with E-state index in [1.165, 1.54) is 6.07 Å². The highest BCUT2D eigenvalue weighted by molar-refractivity contribution is 5.83. The Labute approximate surface area is 186 Å². The monoisotopic (exact) mass is 456 g/mol. The van der Waals surface area contributed by atoms with E-state index in [1.54, 1.807) is 29.9 Å². The first-order chi connectivity index (χ1) is 15.9. The zero-order valence-corrected chi connectivity index (χ0v) is 17.5. The summed E-state index contributed by atoms with van der Waals surface area (Å²) in [6, 6.07) is 8.48. The van der Waals surface area contributed by atoms with E-state index in [2.05, 4.69) is 25.7 Å². The van der Waals surface area contributed by atoms with Crippen LogP contribution in [0.2, 0.25) is 0 Å². The van der Waals surface area contributed by atoms with Crippen LogP contribution in [0.25, 0.3) is 10.9 Å². The van der Waals surface area contributed by atoms with Gasteiger partial charge >= 0.3 is 5.97 Å². The molecule has 0 unspecified atom stereocenters. The molecule has 4 rings (SSSR count). The molecule has 0 radical (unpaired) electrons. The summed E-state index contributed by atoms with van der Waals surface area (Å²) in [5.74, 6) is -3.24. The standard InChI is InChI=1S/C22H19F3N6O2/c1-2-33-20(32)7-8-31-19-6-4-14(9-13(19)11-27-31)29-22-26-12-18(25)21(30-22)28-15-3-5-16(23)17(24)10-15/h3-6,9-12H,2,7-8H2,1H3,(H2,26,28,29,30). The molecule has 33 heavy (non-hydrogen) atoms. The maximum atomic E-state index is 14.1. The van der Waals surface area contributed by atoms with Gasteiger partial charge < -0.3 is 15.4 Å². The molecular weight excluding hydrogens is 437 g/mol. The van der Waals surface area contributed by atoms with Crippen LogP contribution in [0.1, 0.15) is 13.3 Å². The van der Waals surface area contributed by atoms with Gasteiger partial charge in [0, 0.05) is 22.8 Å². The molecule has 0 spiro atoms. The van der Waals surface area contributed by atoms with Crippen molar-refractivity contribution < 1.29 is 22.7 Å². The highest BCUT2D eigenvalue weighted by Gasteiger charge is 2.11. The molecule has 0 aliphatic carbocycles. The molecule has 0 saturated heterocycles. The van der Waals surface area contributed by atoms with Crippen LogP contribution in [0.3, 0.4) is 0 Å². The Morgan fingerprint density at radius 1 is 1.00 bits per heavy atom. The van der Waals surface area contributed by atoms with Crippen molar-refractivity contribution in [2.75, 3.05) is 17.2 Å². The first-order valence-corrected chi connectivity index (χ1v) is 10.1. The normalized spacial score (nSPS) is 10.9. The van der Waals surface area contributed by atoms with E-state index in [0.29, 0.717) is 18.8 Å². The van der Waals surface area contributed by atoms with Crippen molar-refractivity contribution in [2.24, 2.45) is 0 Å². The second-order valence-electron chi connectivity index (χ2n) is 6.97. The topological polar surface area (TPSA) is 94.0 Å². The highest BCUT2D eigenvalue weighted by atomic mass is 19.2. The van der Waals surface area contributed by atoms with Crippen LogP contribution in [-0.4, -0.2) is 32.3 Å². The average Bonchev–Trinajstić information content (AvgIpc) is 3.19. The summed E-state index contributed by atoms with van der Waals surface area (Å²) in [5.41, 5.74) is 1.58.